The number of rotatable bonds is 6. The van der Waals surface area contributed by atoms with Gasteiger partial charge in [0.25, 0.3) is 5.91 Å². The number of aromatic nitrogens is 2. The average Bonchev–Trinajstić information content (AvgIpc) is 2.77. The van der Waals surface area contributed by atoms with Gasteiger partial charge in [-0.3, -0.25) is 9.78 Å². The smallest absolute Gasteiger partial charge is 0.255 e. The Balaban J connectivity index is 1.33. The first-order valence-electron chi connectivity index (χ1n) is 9.83. The molecule has 6 nitrogen and oxygen atoms in total. The Bertz CT molecular complexity index is 926. The Hall–Kier alpha value is -3.41. The molecule has 29 heavy (non-hydrogen) atoms. The lowest BCUT2D eigenvalue weighted by Gasteiger charge is -2.29. The molecule has 3 aromatic rings. The third-order valence-electron chi connectivity index (χ3n) is 4.94. The van der Waals surface area contributed by atoms with Crippen LogP contribution in [-0.4, -0.2) is 28.0 Å². The fourth-order valence-electron chi connectivity index (χ4n) is 3.46. The maximum Gasteiger partial charge on any atom is 0.255 e. The van der Waals surface area contributed by atoms with E-state index >= 15 is 0 Å². The SMILES string of the molecule is O=C(NC1CCC(Oc2cnccn2)CC1)c1ccccc1Oc1ccccc1. The first kappa shape index (κ1) is 18.9. The van der Waals surface area contributed by atoms with Crippen molar-refractivity contribution < 1.29 is 14.3 Å². The summed E-state index contributed by atoms with van der Waals surface area (Å²) in [5, 5.41) is 3.14. The summed E-state index contributed by atoms with van der Waals surface area (Å²) in [6.07, 6.45) is 8.42. The lowest BCUT2D eigenvalue weighted by molar-refractivity contribution is 0.0887. The van der Waals surface area contributed by atoms with Gasteiger partial charge >= 0.3 is 0 Å². The summed E-state index contributed by atoms with van der Waals surface area (Å²) in [4.78, 5) is 21.0. The van der Waals surface area contributed by atoms with E-state index in [1.165, 1.54) is 0 Å². The second kappa shape index (κ2) is 9.19. The molecule has 1 fully saturated rings. The number of nitrogens with one attached hydrogen (secondary N) is 1. The molecule has 6 heteroatoms. The Kier molecular flexibility index (Phi) is 6.00. The third kappa shape index (κ3) is 5.10. The number of benzene rings is 2. The van der Waals surface area contributed by atoms with Crippen LogP contribution in [-0.2, 0) is 0 Å². The topological polar surface area (TPSA) is 73.3 Å². The van der Waals surface area contributed by atoms with Crippen LogP contribution in [0, 0.1) is 0 Å². The zero-order valence-corrected chi connectivity index (χ0v) is 16.0. The van der Waals surface area contributed by atoms with Crippen LogP contribution in [0.4, 0.5) is 0 Å². The number of carbonyl (C=O) groups is 1. The highest BCUT2D eigenvalue weighted by Gasteiger charge is 2.25. The van der Waals surface area contributed by atoms with Crippen LogP contribution in [0.1, 0.15) is 36.0 Å². The van der Waals surface area contributed by atoms with E-state index in [2.05, 4.69) is 15.3 Å². The number of hydrogen-bond donors (Lipinski definition) is 1. The third-order valence-corrected chi connectivity index (χ3v) is 4.94. The fraction of sp³-hybridized carbons (Fsp3) is 0.261. The Labute approximate surface area is 169 Å². The van der Waals surface area contributed by atoms with Gasteiger partial charge in [-0.05, 0) is 49.9 Å². The van der Waals surface area contributed by atoms with Crippen molar-refractivity contribution in [2.75, 3.05) is 0 Å². The van der Waals surface area contributed by atoms with E-state index in [0.29, 0.717) is 22.9 Å². The molecule has 1 aliphatic rings. The molecule has 1 aromatic heterocycles. The van der Waals surface area contributed by atoms with Gasteiger partial charge in [-0.1, -0.05) is 30.3 Å². The predicted molar refractivity (Wildman–Crippen MR) is 109 cm³/mol. The first-order valence-corrected chi connectivity index (χ1v) is 9.83. The number of hydrogen-bond acceptors (Lipinski definition) is 5. The molecule has 1 heterocycles. The molecule has 0 atom stereocenters. The van der Waals surface area contributed by atoms with Crippen LogP contribution in [0.3, 0.4) is 0 Å². The molecule has 0 radical (unpaired) electrons. The van der Waals surface area contributed by atoms with E-state index in [4.69, 9.17) is 9.47 Å². The minimum absolute atomic E-state index is 0.105. The van der Waals surface area contributed by atoms with Crippen molar-refractivity contribution >= 4 is 5.91 Å². The van der Waals surface area contributed by atoms with Gasteiger partial charge in [-0.2, -0.15) is 0 Å². The van der Waals surface area contributed by atoms with Crippen LogP contribution in [0.5, 0.6) is 17.4 Å². The molecule has 0 unspecified atom stereocenters. The molecule has 0 spiro atoms. The monoisotopic (exact) mass is 389 g/mol. The number of nitrogens with zero attached hydrogens (tertiary/aromatic N) is 2. The van der Waals surface area contributed by atoms with Crippen molar-refractivity contribution in [3.05, 3.63) is 78.8 Å². The number of para-hydroxylation sites is 2. The highest BCUT2D eigenvalue weighted by molar-refractivity contribution is 5.97. The lowest BCUT2D eigenvalue weighted by Crippen LogP contribution is -2.39. The van der Waals surface area contributed by atoms with Crippen molar-refractivity contribution in [2.45, 2.75) is 37.8 Å². The van der Waals surface area contributed by atoms with E-state index < -0.39 is 0 Å². The summed E-state index contributed by atoms with van der Waals surface area (Å²) in [6, 6.07) is 16.9. The van der Waals surface area contributed by atoms with Gasteiger partial charge in [0.15, 0.2) is 0 Å². The van der Waals surface area contributed by atoms with Crippen LogP contribution in [0.15, 0.2) is 73.2 Å². The fourth-order valence-corrected chi connectivity index (χ4v) is 3.46. The molecular weight excluding hydrogens is 366 g/mol. The Morgan fingerprint density at radius 2 is 1.69 bits per heavy atom. The molecular formula is C23H23N3O3. The van der Waals surface area contributed by atoms with Crippen LogP contribution >= 0.6 is 0 Å². The van der Waals surface area contributed by atoms with E-state index in [9.17, 15) is 4.79 Å². The van der Waals surface area contributed by atoms with Gasteiger partial charge in [0.05, 0.1) is 11.8 Å². The largest absolute Gasteiger partial charge is 0.473 e. The van der Waals surface area contributed by atoms with Gasteiger partial charge in [-0.25, -0.2) is 4.98 Å². The van der Waals surface area contributed by atoms with Gasteiger partial charge in [0.1, 0.15) is 17.6 Å². The summed E-state index contributed by atoms with van der Waals surface area (Å²) in [5.41, 5.74) is 0.536. The van der Waals surface area contributed by atoms with Crippen molar-refractivity contribution in [3.8, 4) is 17.4 Å². The Morgan fingerprint density at radius 3 is 2.45 bits per heavy atom. The standard InChI is InChI=1S/C23H23N3O3/c27-23(20-8-4-5-9-21(20)28-18-6-2-1-3-7-18)26-17-10-12-19(13-11-17)29-22-16-24-14-15-25-22/h1-9,14-17,19H,10-13H2,(H,26,27). The second-order valence-corrected chi connectivity index (χ2v) is 7.02. The normalized spacial score (nSPS) is 18.6. The van der Waals surface area contributed by atoms with Gasteiger partial charge < -0.3 is 14.8 Å². The molecule has 148 valence electrons. The second-order valence-electron chi connectivity index (χ2n) is 7.02. The number of carbonyl (C=O) groups excluding carboxylic acids is 1. The minimum Gasteiger partial charge on any atom is -0.473 e. The van der Waals surface area contributed by atoms with Crippen molar-refractivity contribution in [1.82, 2.24) is 15.3 Å². The summed E-state index contributed by atoms with van der Waals surface area (Å²) >= 11 is 0. The number of amides is 1. The average molecular weight is 389 g/mol. The van der Waals surface area contributed by atoms with Gasteiger partial charge in [0, 0.05) is 18.4 Å². The Morgan fingerprint density at radius 1 is 0.931 bits per heavy atom. The van der Waals surface area contributed by atoms with Crippen LogP contribution < -0.4 is 14.8 Å². The first-order chi connectivity index (χ1) is 14.3. The van der Waals surface area contributed by atoms with Crippen molar-refractivity contribution in [2.24, 2.45) is 0 Å². The summed E-state index contributed by atoms with van der Waals surface area (Å²) < 4.78 is 11.8. The maximum atomic E-state index is 12.9. The van der Waals surface area contributed by atoms with E-state index in [1.807, 2.05) is 48.5 Å². The molecule has 0 aliphatic heterocycles. The molecule has 1 saturated carbocycles. The summed E-state index contributed by atoms with van der Waals surface area (Å²) in [5.74, 6) is 1.69. The quantitative estimate of drug-likeness (QED) is 0.677. The molecule has 2 aromatic carbocycles. The molecule has 1 N–H and O–H groups in total. The lowest BCUT2D eigenvalue weighted by atomic mass is 9.92. The molecule has 1 aliphatic carbocycles. The van der Waals surface area contributed by atoms with E-state index in [-0.39, 0.29) is 18.1 Å². The highest BCUT2D eigenvalue weighted by atomic mass is 16.5. The van der Waals surface area contributed by atoms with E-state index in [0.717, 1.165) is 25.7 Å². The highest BCUT2D eigenvalue weighted by Crippen LogP contribution is 2.26. The summed E-state index contributed by atoms with van der Waals surface area (Å²) in [6.45, 7) is 0. The van der Waals surface area contributed by atoms with Gasteiger partial charge in [0.2, 0.25) is 5.88 Å². The van der Waals surface area contributed by atoms with Crippen molar-refractivity contribution in [1.29, 1.82) is 0 Å². The van der Waals surface area contributed by atoms with Crippen LogP contribution in [0.2, 0.25) is 0 Å². The summed E-state index contributed by atoms with van der Waals surface area (Å²) in [7, 11) is 0. The van der Waals surface area contributed by atoms with Crippen LogP contribution in [0.25, 0.3) is 0 Å². The zero-order chi connectivity index (χ0) is 19.9. The molecule has 4 rings (SSSR count). The minimum atomic E-state index is -0.116. The number of ether oxygens (including phenoxy) is 2. The predicted octanol–water partition coefficient (Wildman–Crippen LogP) is 4.39. The van der Waals surface area contributed by atoms with Gasteiger partial charge in [-0.15, -0.1) is 0 Å². The zero-order valence-electron chi connectivity index (χ0n) is 16.0. The van der Waals surface area contributed by atoms with E-state index in [1.54, 1.807) is 24.7 Å². The molecule has 0 bridgehead atoms. The molecule has 1 amide bonds. The van der Waals surface area contributed by atoms with Crippen molar-refractivity contribution in [3.63, 3.8) is 0 Å². The maximum absolute atomic E-state index is 12.9. The molecule has 0 saturated heterocycles.